The fraction of sp³-hybridized carbons (Fsp3) is 0.259. The maximum Gasteiger partial charge on any atom is 0.284 e. The molecule has 1 heterocycles. The number of ether oxygens (including phenoxy) is 1. The lowest BCUT2D eigenvalue weighted by Crippen LogP contribution is -2.48. The molecule has 1 aliphatic heterocycles. The van der Waals surface area contributed by atoms with Crippen LogP contribution in [0.1, 0.15) is 38.3 Å². The summed E-state index contributed by atoms with van der Waals surface area (Å²) in [5, 5.41) is 23.2. The van der Waals surface area contributed by atoms with Gasteiger partial charge in [0.25, 0.3) is 17.7 Å². The third kappa shape index (κ3) is 4.82. The quantitative estimate of drug-likeness (QED) is 0.421. The van der Waals surface area contributed by atoms with Crippen molar-refractivity contribution < 1.29 is 37.7 Å². The molecule has 0 saturated carbocycles. The Morgan fingerprint density at radius 1 is 1.13 bits per heavy atom. The topological polar surface area (TPSA) is 99.1 Å². The second-order valence-electron chi connectivity index (χ2n) is 8.92. The van der Waals surface area contributed by atoms with Gasteiger partial charge in [0.2, 0.25) is 0 Å². The summed E-state index contributed by atoms with van der Waals surface area (Å²) in [6.45, 7) is -0.105. The molecule has 2 amide bonds. The van der Waals surface area contributed by atoms with Gasteiger partial charge in [-0.15, -0.1) is 0 Å². The molecular formula is C27H24ClF3N2O5. The highest BCUT2D eigenvalue weighted by Crippen LogP contribution is 2.47. The van der Waals surface area contributed by atoms with Crippen LogP contribution in [0.3, 0.4) is 0 Å². The predicted octanol–water partition coefficient (Wildman–Crippen LogP) is 4.91. The lowest BCUT2D eigenvalue weighted by Gasteiger charge is -2.33. The predicted molar refractivity (Wildman–Crippen MR) is 136 cm³/mol. The number of halogens is 4. The number of aliphatic hydroxyl groups excluding tert-OH is 1. The molecule has 1 aliphatic rings. The first-order chi connectivity index (χ1) is 17.9. The molecule has 1 atom stereocenters. The first-order valence-electron chi connectivity index (χ1n) is 11.5. The molecule has 3 N–H and O–H groups in total. The molecule has 0 unspecified atom stereocenters. The Bertz CT molecular complexity index is 1420. The number of alkyl halides is 2. The third-order valence-corrected chi connectivity index (χ3v) is 6.80. The average Bonchev–Trinajstić information content (AvgIpc) is 2.97. The summed E-state index contributed by atoms with van der Waals surface area (Å²) in [7, 11) is 1.32. The van der Waals surface area contributed by atoms with Crippen molar-refractivity contribution in [1.29, 1.82) is 0 Å². The fourth-order valence-corrected chi connectivity index (χ4v) is 4.55. The van der Waals surface area contributed by atoms with E-state index in [1.54, 1.807) is 6.92 Å². The molecule has 0 spiro atoms. The lowest BCUT2D eigenvalue weighted by molar-refractivity contribution is -0.205. The van der Waals surface area contributed by atoms with Crippen molar-refractivity contribution in [2.75, 3.05) is 30.5 Å². The van der Waals surface area contributed by atoms with Crippen LogP contribution in [0.25, 0.3) is 0 Å². The SMILES string of the molecule is COc1cc(C(=O)N2CCC(F)(F)[C@](O)(CO)c3cc(Cl)ccc32)ccc1NC(=O)c1cc(F)ccc1C. The molecule has 0 aromatic heterocycles. The molecule has 3 aromatic rings. The van der Waals surface area contributed by atoms with E-state index in [4.69, 9.17) is 16.3 Å². The number of aliphatic hydroxyl groups is 2. The Balaban J connectivity index is 1.69. The van der Waals surface area contributed by atoms with Crippen molar-refractivity contribution in [3.8, 4) is 5.75 Å². The highest BCUT2D eigenvalue weighted by molar-refractivity contribution is 6.30. The molecule has 0 saturated heterocycles. The maximum absolute atomic E-state index is 15.0. The van der Waals surface area contributed by atoms with Crippen LogP contribution in [0.2, 0.25) is 5.02 Å². The standard InChI is InChI=1S/C27H24ClF3N2O5/c1-15-3-6-18(29)13-19(15)24(35)32-21-7-4-16(11-23(21)38-2)25(36)33-10-9-27(30,31)26(37,14-34)20-12-17(28)5-8-22(20)33/h3-8,11-13,34,37H,9-10,14H2,1-2H3,(H,32,35)/t26-/m0/s1. The van der Waals surface area contributed by atoms with E-state index in [1.807, 2.05) is 0 Å². The van der Waals surface area contributed by atoms with E-state index in [0.717, 1.165) is 17.0 Å². The number of nitrogens with zero attached hydrogens (tertiary/aromatic N) is 1. The van der Waals surface area contributed by atoms with Crippen molar-refractivity contribution in [2.45, 2.75) is 24.9 Å². The molecule has 3 aromatic carbocycles. The highest BCUT2D eigenvalue weighted by atomic mass is 35.5. The zero-order valence-corrected chi connectivity index (χ0v) is 21.2. The normalized spacial score (nSPS) is 18.4. The van der Waals surface area contributed by atoms with Crippen molar-refractivity contribution in [2.24, 2.45) is 0 Å². The number of carbonyl (C=O) groups is 2. The zero-order chi connectivity index (χ0) is 27.8. The average molecular weight is 549 g/mol. The fourth-order valence-electron chi connectivity index (χ4n) is 4.38. The number of hydrogen-bond donors (Lipinski definition) is 3. The molecular weight excluding hydrogens is 525 g/mol. The minimum Gasteiger partial charge on any atom is -0.495 e. The van der Waals surface area contributed by atoms with Gasteiger partial charge < -0.3 is 25.2 Å². The van der Waals surface area contributed by atoms with E-state index in [2.05, 4.69) is 5.32 Å². The highest BCUT2D eigenvalue weighted by Gasteiger charge is 2.56. The van der Waals surface area contributed by atoms with Crippen LogP contribution in [0, 0.1) is 12.7 Å². The number of fused-ring (bicyclic) bond motifs is 1. The molecule has 11 heteroatoms. The summed E-state index contributed by atoms with van der Waals surface area (Å²) in [5.74, 6) is -5.53. The Labute approximate surface area is 221 Å². The summed E-state index contributed by atoms with van der Waals surface area (Å²) in [6.07, 6.45) is -0.930. The second kappa shape index (κ2) is 10.3. The van der Waals surface area contributed by atoms with Gasteiger partial charge in [0.15, 0.2) is 5.60 Å². The van der Waals surface area contributed by atoms with Gasteiger partial charge in [0.1, 0.15) is 11.6 Å². The van der Waals surface area contributed by atoms with Crippen LogP contribution in [-0.2, 0) is 5.60 Å². The zero-order valence-electron chi connectivity index (χ0n) is 20.4. The molecule has 4 rings (SSSR count). The van der Waals surface area contributed by atoms with Crippen LogP contribution >= 0.6 is 11.6 Å². The smallest absolute Gasteiger partial charge is 0.284 e. The number of carbonyl (C=O) groups excluding carboxylic acids is 2. The number of rotatable bonds is 5. The van der Waals surface area contributed by atoms with Gasteiger partial charge in [-0.3, -0.25) is 9.59 Å². The van der Waals surface area contributed by atoms with Gasteiger partial charge >= 0.3 is 0 Å². The van der Waals surface area contributed by atoms with Gasteiger partial charge in [-0.05, 0) is 61.0 Å². The Morgan fingerprint density at radius 2 is 1.87 bits per heavy atom. The Morgan fingerprint density at radius 3 is 2.55 bits per heavy atom. The van der Waals surface area contributed by atoms with Gasteiger partial charge in [0.05, 0.1) is 25.1 Å². The van der Waals surface area contributed by atoms with E-state index >= 15 is 0 Å². The summed E-state index contributed by atoms with van der Waals surface area (Å²) < 4.78 is 48.9. The molecule has 200 valence electrons. The molecule has 7 nitrogen and oxygen atoms in total. The second-order valence-corrected chi connectivity index (χ2v) is 9.36. The van der Waals surface area contributed by atoms with Gasteiger partial charge in [-0.1, -0.05) is 17.7 Å². The van der Waals surface area contributed by atoms with Crippen molar-refractivity contribution in [3.05, 3.63) is 87.7 Å². The number of hydrogen-bond acceptors (Lipinski definition) is 5. The van der Waals surface area contributed by atoms with Crippen molar-refractivity contribution in [3.63, 3.8) is 0 Å². The van der Waals surface area contributed by atoms with E-state index in [0.29, 0.717) is 5.56 Å². The molecule has 0 bridgehead atoms. The van der Waals surface area contributed by atoms with E-state index in [9.17, 15) is 33.0 Å². The molecule has 0 fully saturated rings. The van der Waals surface area contributed by atoms with Crippen molar-refractivity contribution >= 4 is 34.8 Å². The molecule has 0 radical (unpaired) electrons. The van der Waals surface area contributed by atoms with Gasteiger partial charge in [-0.25, -0.2) is 13.2 Å². The van der Waals surface area contributed by atoms with Crippen LogP contribution in [-0.4, -0.2) is 48.2 Å². The van der Waals surface area contributed by atoms with E-state index in [-0.39, 0.29) is 38.8 Å². The third-order valence-electron chi connectivity index (χ3n) is 6.56. The monoisotopic (exact) mass is 548 g/mol. The Kier molecular flexibility index (Phi) is 7.42. The van der Waals surface area contributed by atoms with E-state index < -0.39 is 48.7 Å². The number of amides is 2. The summed E-state index contributed by atoms with van der Waals surface area (Å²) >= 11 is 6.00. The first-order valence-corrected chi connectivity index (χ1v) is 11.9. The summed E-state index contributed by atoms with van der Waals surface area (Å²) in [4.78, 5) is 27.3. The molecule has 0 aliphatic carbocycles. The summed E-state index contributed by atoms with van der Waals surface area (Å²) in [5.41, 5.74) is -2.47. The minimum atomic E-state index is -3.77. The van der Waals surface area contributed by atoms with Crippen LogP contribution in [0.5, 0.6) is 5.75 Å². The van der Waals surface area contributed by atoms with Crippen molar-refractivity contribution in [1.82, 2.24) is 0 Å². The minimum absolute atomic E-state index is 0.0361. The summed E-state index contributed by atoms with van der Waals surface area (Å²) in [6, 6.07) is 11.7. The van der Waals surface area contributed by atoms with Crippen LogP contribution in [0.15, 0.2) is 54.6 Å². The van der Waals surface area contributed by atoms with Crippen LogP contribution in [0.4, 0.5) is 24.5 Å². The lowest BCUT2D eigenvalue weighted by atomic mass is 9.86. The van der Waals surface area contributed by atoms with Crippen LogP contribution < -0.4 is 15.0 Å². The number of nitrogens with one attached hydrogen (secondary N) is 1. The number of aryl methyl sites for hydroxylation is 1. The first kappa shape index (κ1) is 27.4. The van der Waals surface area contributed by atoms with E-state index in [1.165, 1.54) is 49.6 Å². The molecule has 38 heavy (non-hydrogen) atoms. The number of methoxy groups -OCH3 is 1. The van der Waals surface area contributed by atoms with Gasteiger partial charge in [-0.2, -0.15) is 0 Å². The maximum atomic E-state index is 15.0. The largest absolute Gasteiger partial charge is 0.495 e. The number of anilines is 2. The Hall–Kier alpha value is -3.60. The van der Waals surface area contributed by atoms with Gasteiger partial charge in [0, 0.05) is 34.7 Å². The number of benzene rings is 3.